The van der Waals surface area contributed by atoms with Crippen LogP contribution in [0.4, 0.5) is 5.95 Å². The third kappa shape index (κ3) is 1.61. The molecular weight excluding hydrogens is 248 g/mol. The molecule has 0 radical (unpaired) electrons. The van der Waals surface area contributed by atoms with Crippen LogP contribution >= 0.6 is 0 Å². The Labute approximate surface area is 119 Å². The molecule has 4 rings (SSSR count). The first-order chi connectivity index (χ1) is 9.79. The van der Waals surface area contributed by atoms with Gasteiger partial charge in [0, 0.05) is 32.7 Å². The van der Waals surface area contributed by atoms with Crippen molar-refractivity contribution in [2.45, 2.75) is 19.4 Å². The first kappa shape index (κ1) is 12.2. The van der Waals surface area contributed by atoms with Crippen molar-refractivity contribution in [3.05, 3.63) is 24.3 Å². The topological polar surface area (TPSA) is 33.1 Å². The zero-order chi connectivity index (χ0) is 13.7. The van der Waals surface area contributed by atoms with Crippen LogP contribution in [0.25, 0.3) is 11.0 Å². The highest BCUT2D eigenvalue weighted by atomic mass is 15.3. The third-order valence-corrected chi connectivity index (χ3v) is 5.16. The van der Waals surface area contributed by atoms with Gasteiger partial charge < -0.3 is 14.8 Å². The van der Waals surface area contributed by atoms with Crippen LogP contribution in [0.5, 0.6) is 0 Å². The number of anilines is 1. The number of hydrogen-bond acceptors (Lipinski definition) is 3. The summed E-state index contributed by atoms with van der Waals surface area (Å²) in [5.41, 5.74) is 2.34. The summed E-state index contributed by atoms with van der Waals surface area (Å²) in [5.74, 6) is 2.73. The molecule has 3 atom stereocenters. The van der Waals surface area contributed by atoms with Crippen LogP contribution in [0.1, 0.15) is 13.3 Å². The molecule has 0 spiro atoms. The van der Waals surface area contributed by atoms with Gasteiger partial charge in [-0.15, -0.1) is 0 Å². The number of aryl methyl sites for hydroxylation is 1. The Morgan fingerprint density at radius 1 is 1.30 bits per heavy atom. The summed E-state index contributed by atoms with van der Waals surface area (Å²) in [6.07, 6.45) is 1.20. The Bertz CT molecular complexity index is 632. The fourth-order valence-corrected chi connectivity index (χ4v) is 4.17. The van der Waals surface area contributed by atoms with Crippen molar-refractivity contribution >= 4 is 17.0 Å². The fraction of sp³-hybridized carbons (Fsp3) is 0.562. The lowest BCUT2D eigenvalue weighted by Crippen LogP contribution is -2.36. The maximum Gasteiger partial charge on any atom is 0.206 e. The zero-order valence-electron chi connectivity index (χ0n) is 12.2. The Kier molecular flexibility index (Phi) is 2.74. The molecule has 2 aliphatic rings. The summed E-state index contributed by atoms with van der Waals surface area (Å²) in [7, 11) is 2.14. The van der Waals surface area contributed by atoms with Gasteiger partial charge in [-0.05, 0) is 30.4 Å². The molecule has 3 unspecified atom stereocenters. The minimum atomic E-state index is 0.630. The van der Waals surface area contributed by atoms with E-state index in [1.807, 2.05) is 0 Å². The molecule has 4 heteroatoms. The van der Waals surface area contributed by atoms with E-state index >= 15 is 0 Å². The minimum absolute atomic E-state index is 0.630. The predicted molar refractivity (Wildman–Crippen MR) is 82.0 cm³/mol. The zero-order valence-corrected chi connectivity index (χ0v) is 12.2. The van der Waals surface area contributed by atoms with Crippen molar-refractivity contribution in [2.75, 3.05) is 24.5 Å². The lowest BCUT2D eigenvalue weighted by atomic mass is 9.93. The van der Waals surface area contributed by atoms with Crippen molar-refractivity contribution in [1.29, 1.82) is 0 Å². The Balaban J connectivity index is 1.77. The van der Waals surface area contributed by atoms with Crippen LogP contribution < -0.4 is 10.2 Å². The fourth-order valence-electron chi connectivity index (χ4n) is 4.17. The van der Waals surface area contributed by atoms with Gasteiger partial charge in [0.05, 0.1) is 11.0 Å². The van der Waals surface area contributed by atoms with Gasteiger partial charge in [0.15, 0.2) is 0 Å². The van der Waals surface area contributed by atoms with Gasteiger partial charge in [-0.3, -0.25) is 0 Å². The van der Waals surface area contributed by atoms with E-state index in [1.165, 1.54) is 25.0 Å². The van der Waals surface area contributed by atoms with Crippen molar-refractivity contribution in [3.8, 4) is 0 Å². The molecule has 3 heterocycles. The van der Waals surface area contributed by atoms with E-state index in [9.17, 15) is 0 Å². The minimum Gasteiger partial charge on any atom is -0.339 e. The second-order valence-corrected chi connectivity index (χ2v) is 6.17. The number of para-hydroxylation sites is 2. The molecule has 2 aromatic rings. The highest BCUT2D eigenvalue weighted by Gasteiger charge is 2.44. The van der Waals surface area contributed by atoms with Crippen molar-refractivity contribution in [1.82, 2.24) is 14.9 Å². The second-order valence-electron chi connectivity index (χ2n) is 6.17. The normalized spacial score (nSPS) is 29.3. The number of hydrogen-bond donors (Lipinski definition) is 1. The maximum absolute atomic E-state index is 4.89. The van der Waals surface area contributed by atoms with Crippen LogP contribution in [0.15, 0.2) is 24.3 Å². The molecule has 0 saturated carbocycles. The third-order valence-electron chi connectivity index (χ3n) is 5.16. The van der Waals surface area contributed by atoms with Gasteiger partial charge in [-0.2, -0.15) is 0 Å². The standard InChI is InChI=1S/C16H22N4/c1-3-14-12-9-17-8-11(12)10-20(14)16-18-13-6-4-5-7-15(13)19(16)2/h4-7,11-12,14,17H,3,8-10H2,1-2H3. The molecule has 1 N–H and O–H groups in total. The number of fused-ring (bicyclic) bond motifs is 2. The number of rotatable bonds is 2. The molecule has 106 valence electrons. The van der Waals surface area contributed by atoms with Crippen LogP contribution in [0.2, 0.25) is 0 Å². The van der Waals surface area contributed by atoms with Crippen LogP contribution in [-0.4, -0.2) is 35.2 Å². The Hall–Kier alpha value is -1.55. The van der Waals surface area contributed by atoms with E-state index < -0.39 is 0 Å². The van der Waals surface area contributed by atoms with E-state index in [2.05, 4.69) is 53.0 Å². The summed E-state index contributed by atoms with van der Waals surface area (Å²) in [6, 6.07) is 9.06. The van der Waals surface area contributed by atoms with Crippen LogP contribution in [-0.2, 0) is 7.05 Å². The van der Waals surface area contributed by atoms with Gasteiger partial charge in [0.1, 0.15) is 0 Å². The van der Waals surface area contributed by atoms with E-state index in [0.717, 1.165) is 29.8 Å². The van der Waals surface area contributed by atoms with Gasteiger partial charge in [-0.1, -0.05) is 19.1 Å². The van der Waals surface area contributed by atoms with Gasteiger partial charge >= 0.3 is 0 Å². The first-order valence-electron chi connectivity index (χ1n) is 7.68. The molecule has 2 saturated heterocycles. The highest BCUT2D eigenvalue weighted by Crippen LogP contribution is 2.37. The molecule has 4 nitrogen and oxygen atoms in total. The smallest absolute Gasteiger partial charge is 0.206 e. The lowest BCUT2D eigenvalue weighted by Gasteiger charge is -2.27. The Morgan fingerprint density at radius 3 is 2.95 bits per heavy atom. The summed E-state index contributed by atoms with van der Waals surface area (Å²) >= 11 is 0. The molecule has 20 heavy (non-hydrogen) atoms. The number of aromatic nitrogens is 2. The summed E-state index contributed by atoms with van der Waals surface area (Å²) in [5, 5.41) is 3.55. The average molecular weight is 270 g/mol. The molecule has 0 bridgehead atoms. The lowest BCUT2D eigenvalue weighted by molar-refractivity contribution is 0.440. The predicted octanol–water partition coefficient (Wildman–Crippen LogP) is 2.01. The summed E-state index contributed by atoms with van der Waals surface area (Å²) in [4.78, 5) is 7.44. The van der Waals surface area contributed by atoms with Gasteiger partial charge in [0.2, 0.25) is 5.95 Å². The maximum atomic E-state index is 4.89. The van der Waals surface area contributed by atoms with Crippen LogP contribution in [0, 0.1) is 11.8 Å². The quantitative estimate of drug-likeness (QED) is 0.906. The summed E-state index contributed by atoms with van der Waals surface area (Å²) in [6.45, 7) is 5.79. The second kappa shape index (κ2) is 4.48. The van der Waals surface area contributed by atoms with Gasteiger partial charge in [0.25, 0.3) is 0 Å². The van der Waals surface area contributed by atoms with Gasteiger partial charge in [-0.25, -0.2) is 4.98 Å². The van der Waals surface area contributed by atoms with Crippen molar-refractivity contribution in [3.63, 3.8) is 0 Å². The number of imidazole rings is 1. The molecule has 1 aromatic carbocycles. The SMILES string of the molecule is CCC1C2CNCC2CN1c1nc2ccccc2n1C. The highest BCUT2D eigenvalue weighted by molar-refractivity contribution is 5.78. The largest absolute Gasteiger partial charge is 0.339 e. The number of benzene rings is 1. The molecular formula is C16H22N4. The molecule has 2 aliphatic heterocycles. The van der Waals surface area contributed by atoms with E-state index in [-0.39, 0.29) is 0 Å². The molecule has 2 fully saturated rings. The van der Waals surface area contributed by atoms with Crippen LogP contribution in [0.3, 0.4) is 0 Å². The number of nitrogens with zero attached hydrogens (tertiary/aromatic N) is 3. The van der Waals surface area contributed by atoms with E-state index in [0.29, 0.717) is 6.04 Å². The van der Waals surface area contributed by atoms with E-state index in [1.54, 1.807) is 0 Å². The van der Waals surface area contributed by atoms with E-state index in [4.69, 9.17) is 4.98 Å². The average Bonchev–Trinajstić information content (AvgIpc) is 3.11. The van der Waals surface area contributed by atoms with Crippen molar-refractivity contribution < 1.29 is 0 Å². The molecule has 0 aliphatic carbocycles. The molecule has 1 aromatic heterocycles. The monoisotopic (exact) mass is 270 g/mol. The summed E-state index contributed by atoms with van der Waals surface area (Å²) < 4.78 is 2.26. The first-order valence-corrected chi connectivity index (χ1v) is 7.68. The Morgan fingerprint density at radius 2 is 2.15 bits per heavy atom. The van der Waals surface area contributed by atoms with Crippen molar-refractivity contribution in [2.24, 2.45) is 18.9 Å². The number of nitrogens with one attached hydrogen (secondary N) is 1. The molecule has 0 amide bonds.